The van der Waals surface area contributed by atoms with E-state index in [9.17, 15) is 0 Å². The van der Waals surface area contributed by atoms with E-state index in [2.05, 4.69) is 6.92 Å². The molecule has 0 aliphatic rings. The molecular formula is C9H10Cl2. The lowest BCUT2D eigenvalue weighted by Gasteiger charge is -2.05. The summed E-state index contributed by atoms with van der Waals surface area (Å²) < 4.78 is 0. The van der Waals surface area contributed by atoms with Crippen molar-refractivity contribution < 1.29 is 0 Å². The van der Waals surface area contributed by atoms with Crippen molar-refractivity contribution in [2.45, 2.75) is 18.7 Å². The van der Waals surface area contributed by atoms with Crippen molar-refractivity contribution in [3.63, 3.8) is 0 Å². The molecule has 0 N–H and O–H groups in total. The van der Waals surface area contributed by atoms with Crippen LogP contribution in [0.4, 0.5) is 0 Å². The maximum absolute atomic E-state index is 6.00. The minimum Gasteiger partial charge on any atom is -0.118 e. The van der Waals surface area contributed by atoms with Gasteiger partial charge in [-0.15, -0.1) is 11.6 Å². The molecule has 0 fully saturated rings. The van der Waals surface area contributed by atoms with E-state index in [0.29, 0.717) is 0 Å². The van der Waals surface area contributed by atoms with Gasteiger partial charge in [0.2, 0.25) is 0 Å². The largest absolute Gasteiger partial charge is 0.118 e. The molecule has 11 heavy (non-hydrogen) atoms. The highest BCUT2D eigenvalue weighted by Crippen LogP contribution is 2.25. The summed E-state index contributed by atoms with van der Waals surface area (Å²) in [6.45, 7) is 2.05. The number of hydrogen-bond acceptors (Lipinski definition) is 0. The second-order valence-corrected chi connectivity index (χ2v) is 3.39. The second kappa shape index (κ2) is 3.99. The van der Waals surface area contributed by atoms with Crippen molar-refractivity contribution >= 4 is 23.2 Å². The first kappa shape index (κ1) is 8.89. The molecule has 0 amide bonds. The third-order valence-electron chi connectivity index (χ3n) is 1.57. The summed E-state index contributed by atoms with van der Waals surface area (Å²) >= 11 is 11.8. The molecule has 0 saturated heterocycles. The Bertz CT molecular complexity index is 233. The Morgan fingerprint density at radius 3 is 2.73 bits per heavy atom. The van der Waals surface area contributed by atoms with Gasteiger partial charge in [-0.1, -0.05) is 30.7 Å². The summed E-state index contributed by atoms with van der Waals surface area (Å²) in [6, 6.07) is 7.67. The van der Waals surface area contributed by atoms with Crippen molar-refractivity contribution in [3.8, 4) is 0 Å². The molecule has 60 valence electrons. The zero-order valence-electron chi connectivity index (χ0n) is 6.35. The number of benzene rings is 1. The van der Waals surface area contributed by atoms with Crippen LogP contribution in [0.2, 0.25) is 5.02 Å². The van der Waals surface area contributed by atoms with E-state index in [4.69, 9.17) is 23.2 Å². The number of alkyl halides is 1. The fraction of sp³-hybridized carbons (Fsp3) is 0.333. The summed E-state index contributed by atoms with van der Waals surface area (Å²) in [6.07, 6.45) is 0.932. The van der Waals surface area contributed by atoms with Crippen LogP contribution in [0.25, 0.3) is 0 Å². The standard InChI is InChI=1S/C9H10Cl2/c1-2-9(11)7-4-3-5-8(10)6-7/h3-6,9H,2H2,1H3/t9-/m0/s1. The van der Waals surface area contributed by atoms with Gasteiger partial charge in [-0.05, 0) is 24.1 Å². The molecule has 0 saturated carbocycles. The zero-order valence-corrected chi connectivity index (χ0v) is 7.86. The van der Waals surface area contributed by atoms with E-state index in [-0.39, 0.29) is 5.38 Å². The fourth-order valence-electron chi connectivity index (χ4n) is 0.937. The smallest absolute Gasteiger partial charge is 0.0583 e. The molecule has 1 atom stereocenters. The highest BCUT2D eigenvalue weighted by molar-refractivity contribution is 6.30. The molecule has 1 rings (SSSR count). The van der Waals surface area contributed by atoms with Gasteiger partial charge < -0.3 is 0 Å². The second-order valence-electron chi connectivity index (χ2n) is 2.43. The number of hydrogen-bond donors (Lipinski definition) is 0. The fourth-order valence-corrected chi connectivity index (χ4v) is 1.27. The quantitative estimate of drug-likeness (QED) is 0.616. The van der Waals surface area contributed by atoms with E-state index in [1.807, 2.05) is 24.3 Å². The Balaban J connectivity index is 2.86. The molecule has 2 heteroatoms. The van der Waals surface area contributed by atoms with Crippen molar-refractivity contribution in [1.82, 2.24) is 0 Å². The van der Waals surface area contributed by atoms with Gasteiger partial charge in [0.1, 0.15) is 0 Å². The monoisotopic (exact) mass is 188 g/mol. The van der Waals surface area contributed by atoms with Gasteiger partial charge in [0.15, 0.2) is 0 Å². The van der Waals surface area contributed by atoms with Crippen molar-refractivity contribution in [2.24, 2.45) is 0 Å². The molecule has 0 spiro atoms. The van der Waals surface area contributed by atoms with Gasteiger partial charge in [-0.3, -0.25) is 0 Å². The van der Waals surface area contributed by atoms with Gasteiger partial charge in [0.25, 0.3) is 0 Å². The molecule has 0 radical (unpaired) electrons. The maximum Gasteiger partial charge on any atom is 0.0583 e. The van der Waals surface area contributed by atoms with Crippen molar-refractivity contribution in [3.05, 3.63) is 34.9 Å². The first-order valence-corrected chi connectivity index (χ1v) is 4.45. The number of rotatable bonds is 2. The molecule has 0 unspecified atom stereocenters. The molecule has 1 aromatic carbocycles. The van der Waals surface area contributed by atoms with Crippen LogP contribution in [0.1, 0.15) is 24.3 Å². The Labute approximate surface area is 77.1 Å². The Kier molecular flexibility index (Phi) is 3.22. The normalized spacial score (nSPS) is 13.0. The highest BCUT2D eigenvalue weighted by atomic mass is 35.5. The lowest BCUT2D eigenvalue weighted by Crippen LogP contribution is -1.86. The molecule has 0 aromatic heterocycles. The predicted molar refractivity (Wildman–Crippen MR) is 50.3 cm³/mol. The topological polar surface area (TPSA) is 0 Å². The van der Waals surface area contributed by atoms with Crippen LogP contribution >= 0.6 is 23.2 Å². The third-order valence-corrected chi connectivity index (χ3v) is 2.36. The lowest BCUT2D eigenvalue weighted by atomic mass is 10.1. The molecule has 0 aliphatic carbocycles. The zero-order chi connectivity index (χ0) is 8.27. The Hall–Kier alpha value is -0.200. The average Bonchev–Trinajstić information content (AvgIpc) is 2.03. The van der Waals surface area contributed by atoms with E-state index < -0.39 is 0 Å². The van der Waals surface area contributed by atoms with Crippen molar-refractivity contribution in [2.75, 3.05) is 0 Å². The highest BCUT2D eigenvalue weighted by Gasteiger charge is 2.03. The molecule has 1 aromatic rings. The molecule has 0 heterocycles. The molecule has 0 aliphatic heterocycles. The lowest BCUT2D eigenvalue weighted by molar-refractivity contribution is 0.884. The summed E-state index contributed by atoms with van der Waals surface area (Å²) in [5.74, 6) is 0. The first-order chi connectivity index (χ1) is 5.24. The van der Waals surface area contributed by atoms with Gasteiger partial charge in [0.05, 0.1) is 5.38 Å². The van der Waals surface area contributed by atoms with E-state index in [0.717, 1.165) is 17.0 Å². The van der Waals surface area contributed by atoms with Crippen LogP contribution in [0.3, 0.4) is 0 Å². The van der Waals surface area contributed by atoms with E-state index in [1.165, 1.54) is 0 Å². The summed E-state index contributed by atoms with van der Waals surface area (Å²) in [7, 11) is 0. The van der Waals surface area contributed by atoms with E-state index >= 15 is 0 Å². The number of halogens is 2. The maximum atomic E-state index is 6.00. The van der Waals surface area contributed by atoms with Gasteiger partial charge in [-0.2, -0.15) is 0 Å². The van der Waals surface area contributed by atoms with Crippen LogP contribution < -0.4 is 0 Å². The third kappa shape index (κ3) is 2.39. The van der Waals surface area contributed by atoms with Crippen LogP contribution in [-0.4, -0.2) is 0 Å². The Morgan fingerprint density at radius 1 is 1.45 bits per heavy atom. The summed E-state index contributed by atoms with van der Waals surface area (Å²) in [5, 5.41) is 0.843. The van der Waals surface area contributed by atoms with E-state index in [1.54, 1.807) is 0 Å². The first-order valence-electron chi connectivity index (χ1n) is 3.63. The molecular weight excluding hydrogens is 179 g/mol. The van der Waals surface area contributed by atoms with Gasteiger partial charge in [-0.25, -0.2) is 0 Å². The molecule has 0 nitrogen and oxygen atoms in total. The van der Waals surface area contributed by atoms with Crippen LogP contribution in [0, 0.1) is 0 Å². The van der Waals surface area contributed by atoms with Gasteiger partial charge in [0, 0.05) is 5.02 Å². The average molecular weight is 189 g/mol. The van der Waals surface area contributed by atoms with Crippen LogP contribution in [0.5, 0.6) is 0 Å². The van der Waals surface area contributed by atoms with Gasteiger partial charge >= 0.3 is 0 Å². The predicted octanol–water partition coefficient (Wildman–Crippen LogP) is 4.03. The summed E-state index contributed by atoms with van der Waals surface area (Å²) in [5.41, 5.74) is 1.10. The van der Waals surface area contributed by atoms with Crippen LogP contribution in [-0.2, 0) is 0 Å². The molecule has 0 bridgehead atoms. The summed E-state index contributed by atoms with van der Waals surface area (Å²) in [4.78, 5) is 0. The van der Waals surface area contributed by atoms with Crippen LogP contribution in [0.15, 0.2) is 24.3 Å². The Morgan fingerprint density at radius 2 is 2.18 bits per heavy atom. The minimum absolute atomic E-state index is 0.0914. The minimum atomic E-state index is 0.0914. The van der Waals surface area contributed by atoms with Crippen molar-refractivity contribution in [1.29, 1.82) is 0 Å². The SMILES string of the molecule is CC[C@H](Cl)c1cccc(Cl)c1.